The lowest BCUT2D eigenvalue weighted by Gasteiger charge is -2.23. The first kappa shape index (κ1) is 16.7. The SMILES string of the molecule is CC1(CNS(=O)(=O)c2ccc(F)c(CN)c2F)CCCS1. The Morgan fingerprint density at radius 3 is 2.71 bits per heavy atom. The monoisotopic (exact) mass is 336 g/mol. The molecule has 8 heteroatoms. The van der Waals surface area contributed by atoms with Gasteiger partial charge in [0.2, 0.25) is 10.0 Å². The van der Waals surface area contributed by atoms with Crippen LogP contribution in [0.1, 0.15) is 25.3 Å². The van der Waals surface area contributed by atoms with Gasteiger partial charge in [0.05, 0.1) is 0 Å². The fourth-order valence-corrected chi connectivity index (χ4v) is 4.88. The molecular formula is C13H18F2N2O2S2. The number of hydrogen-bond acceptors (Lipinski definition) is 4. The molecule has 21 heavy (non-hydrogen) atoms. The fourth-order valence-electron chi connectivity index (χ4n) is 2.27. The minimum Gasteiger partial charge on any atom is -0.326 e. The summed E-state index contributed by atoms with van der Waals surface area (Å²) < 4.78 is 54.1. The molecule has 0 saturated carbocycles. The van der Waals surface area contributed by atoms with Gasteiger partial charge in [-0.2, -0.15) is 11.8 Å². The summed E-state index contributed by atoms with van der Waals surface area (Å²) in [6.07, 6.45) is 1.94. The highest BCUT2D eigenvalue weighted by Gasteiger charge is 2.32. The van der Waals surface area contributed by atoms with Gasteiger partial charge in [-0.25, -0.2) is 21.9 Å². The summed E-state index contributed by atoms with van der Waals surface area (Å²) in [5, 5.41) is 0. The van der Waals surface area contributed by atoms with Gasteiger partial charge < -0.3 is 5.73 Å². The number of nitrogens with two attached hydrogens (primary N) is 1. The number of rotatable bonds is 5. The Kier molecular flexibility index (Phi) is 4.92. The standard InChI is InChI=1S/C13H18F2N2O2S2/c1-13(5-2-6-20-13)8-17-21(18,19)11-4-3-10(14)9(7-16)12(11)15/h3-4,17H,2,5-8,16H2,1H3. The van der Waals surface area contributed by atoms with Crippen molar-refractivity contribution in [3.05, 3.63) is 29.3 Å². The Morgan fingerprint density at radius 1 is 1.43 bits per heavy atom. The number of halogens is 2. The quantitative estimate of drug-likeness (QED) is 0.862. The van der Waals surface area contributed by atoms with Crippen molar-refractivity contribution in [3.8, 4) is 0 Å². The van der Waals surface area contributed by atoms with E-state index in [0.717, 1.165) is 30.7 Å². The molecule has 1 fully saturated rings. The number of sulfonamides is 1. The molecule has 0 aromatic heterocycles. The minimum absolute atomic E-state index is 0.180. The van der Waals surface area contributed by atoms with Crippen LogP contribution in [0.25, 0.3) is 0 Å². The molecule has 0 aliphatic carbocycles. The van der Waals surface area contributed by atoms with E-state index in [1.54, 1.807) is 11.8 Å². The van der Waals surface area contributed by atoms with Crippen molar-refractivity contribution in [2.24, 2.45) is 5.73 Å². The first-order valence-electron chi connectivity index (χ1n) is 6.60. The van der Waals surface area contributed by atoms with Crippen LogP contribution >= 0.6 is 11.8 Å². The van der Waals surface area contributed by atoms with Crippen LogP contribution in [0.15, 0.2) is 17.0 Å². The van der Waals surface area contributed by atoms with Crippen LogP contribution in [0.2, 0.25) is 0 Å². The Balaban J connectivity index is 2.24. The van der Waals surface area contributed by atoms with E-state index < -0.39 is 38.7 Å². The fraction of sp³-hybridized carbons (Fsp3) is 0.538. The first-order chi connectivity index (χ1) is 9.79. The van der Waals surface area contributed by atoms with E-state index in [-0.39, 0.29) is 11.3 Å². The zero-order valence-corrected chi connectivity index (χ0v) is 13.3. The molecule has 0 spiro atoms. The number of nitrogens with one attached hydrogen (secondary N) is 1. The molecule has 1 aromatic carbocycles. The van der Waals surface area contributed by atoms with Crippen LogP contribution in [-0.2, 0) is 16.6 Å². The maximum atomic E-state index is 14.1. The van der Waals surface area contributed by atoms with Crippen molar-refractivity contribution in [1.29, 1.82) is 0 Å². The van der Waals surface area contributed by atoms with Crippen molar-refractivity contribution in [1.82, 2.24) is 4.72 Å². The third-order valence-electron chi connectivity index (χ3n) is 3.58. The summed E-state index contributed by atoms with van der Waals surface area (Å²) in [5.74, 6) is -0.970. The average molecular weight is 336 g/mol. The molecule has 1 heterocycles. The van der Waals surface area contributed by atoms with Crippen LogP contribution in [0.3, 0.4) is 0 Å². The smallest absolute Gasteiger partial charge is 0.243 e. The normalized spacial score (nSPS) is 22.7. The Bertz CT molecular complexity index is 629. The molecule has 1 aliphatic rings. The Labute approximate surface area is 127 Å². The van der Waals surface area contributed by atoms with Crippen LogP contribution in [0, 0.1) is 11.6 Å². The number of thioether (sulfide) groups is 1. The topological polar surface area (TPSA) is 72.2 Å². The molecule has 4 nitrogen and oxygen atoms in total. The maximum Gasteiger partial charge on any atom is 0.243 e. The molecule has 3 N–H and O–H groups in total. The lowest BCUT2D eigenvalue weighted by molar-refractivity contribution is 0.519. The van der Waals surface area contributed by atoms with Gasteiger partial charge in [-0.15, -0.1) is 0 Å². The highest BCUT2D eigenvalue weighted by Crippen LogP contribution is 2.37. The van der Waals surface area contributed by atoms with Gasteiger partial charge >= 0.3 is 0 Å². The largest absolute Gasteiger partial charge is 0.326 e. The van der Waals surface area contributed by atoms with Gasteiger partial charge in [-0.3, -0.25) is 0 Å². The summed E-state index contributed by atoms with van der Waals surface area (Å²) in [6, 6.07) is 1.85. The zero-order chi connectivity index (χ0) is 15.7. The van der Waals surface area contributed by atoms with Crippen molar-refractivity contribution in [3.63, 3.8) is 0 Å². The lowest BCUT2D eigenvalue weighted by atomic mass is 10.1. The summed E-state index contributed by atoms with van der Waals surface area (Å²) in [6.45, 7) is 1.79. The van der Waals surface area contributed by atoms with Gasteiger partial charge in [-0.05, 0) is 37.7 Å². The Morgan fingerprint density at radius 2 is 2.14 bits per heavy atom. The second-order valence-corrected chi connectivity index (χ2v) is 8.69. The lowest BCUT2D eigenvalue weighted by Crippen LogP contribution is -2.37. The molecule has 118 valence electrons. The molecule has 1 aromatic rings. The zero-order valence-electron chi connectivity index (χ0n) is 11.7. The number of benzene rings is 1. The van der Waals surface area contributed by atoms with Crippen molar-refractivity contribution < 1.29 is 17.2 Å². The summed E-state index contributed by atoms with van der Waals surface area (Å²) >= 11 is 1.69. The predicted molar refractivity (Wildman–Crippen MR) is 79.5 cm³/mol. The molecule has 1 aliphatic heterocycles. The van der Waals surface area contributed by atoms with Gasteiger partial charge in [0, 0.05) is 23.4 Å². The molecule has 2 rings (SSSR count). The van der Waals surface area contributed by atoms with Crippen LogP contribution in [-0.4, -0.2) is 25.5 Å². The molecule has 1 atom stereocenters. The highest BCUT2D eigenvalue weighted by molar-refractivity contribution is 8.01. The molecule has 0 radical (unpaired) electrons. The predicted octanol–water partition coefficient (Wildman–Crippen LogP) is 1.99. The highest BCUT2D eigenvalue weighted by atomic mass is 32.2. The van der Waals surface area contributed by atoms with Crippen molar-refractivity contribution in [2.75, 3.05) is 12.3 Å². The van der Waals surface area contributed by atoms with Crippen LogP contribution < -0.4 is 10.5 Å². The van der Waals surface area contributed by atoms with Gasteiger partial charge in [0.25, 0.3) is 0 Å². The third kappa shape index (κ3) is 3.56. The van der Waals surface area contributed by atoms with Crippen LogP contribution in [0.4, 0.5) is 8.78 Å². The Hall–Kier alpha value is -0.700. The van der Waals surface area contributed by atoms with Crippen molar-refractivity contribution in [2.45, 2.75) is 36.0 Å². The molecule has 1 saturated heterocycles. The maximum absolute atomic E-state index is 14.1. The van der Waals surface area contributed by atoms with Gasteiger partial charge in [0.1, 0.15) is 10.7 Å². The molecular weight excluding hydrogens is 318 g/mol. The molecule has 1 unspecified atom stereocenters. The van der Waals surface area contributed by atoms with E-state index in [4.69, 9.17) is 5.73 Å². The molecule has 0 bridgehead atoms. The average Bonchev–Trinajstić information content (AvgIpc) is 2.84. The van der Waals surface area contributed by atoms with Gasteiger partial charge in [-0.1, -0.05) is 0 Å². The minimum atomic E-state index is -4.03. The van der Waals surface area contributed by atoms with E-state index in [9.17, 15) is 17.2 Å². The summed E-state index contributed by atoms with van der Waals surface area (Å²) in [5.41, 5.74) is 4.84. The summed E-state index contributed by atoms with van der Waals surface area (Å²) in [4.78, 5) is -0.559. The van der Waals surface area contributed by atoms with E-state index in [0.29, 0.717) is 0 Å². The second kappa shape index (κ2) is 6.20. The first-order valence-corrected chi connectivity index (χ1v) is 9.06. The second-order valence-electron chi connectivity index (χ2n) is 5.27. The van der Waals surface area contributed by atoms with Crippen LogP contribution in [0.5, 0.6) is 0 Å². The van der Waals surface area contributed by atoms with E-state index in [1.165, 1.54) is 0 Å². The van der Waals surface area contributed by atoms with Gasteiger partial charge in [0.15, 0.2) is 5.82 Å². The van der Waals surface area contributed by atoms with Crippen molar-refractivity contribution >= 4 is 21.8 Å². The van der Waals surface area contributed by atoms with E-state index >= 15 is 0 Å². The number of hydrogen-bond donors (Lipinski definition) is 2. The summed E-state index contributed by atoms with van der Waals surface area (Å²) in [7, 11) is -4.03. The van der Waals surface area contributed by atoms with E-state index in [1.807, 2.05) is 6.92 Å². The van der Waals surface area contributed by atoms with E-state index in [2.05, 4.69) is 4.72 Å². The third-order valence-corrected chi connectivity index (χ3v) is 6.54. The molecule has 0 amide bonds.